The zero-order valence-electron chi connectivity index (χ0n) is 18.8. The van der Waals surface area contributed by atoms with E-state index in [-0.39, 0.29) is 24.7 Å². The van der Waals surface area contributed by atoms with Crippen molar-refractivity contribution < 1.29 is 54.5 Å². The van der Waals surface area contributed by atoms with Gasteiger partial charge in [-0.1, -0.05) is 44.2 Å². The molecule has 34 heavy (non-hydrogen) atoms. The molecule has 2 aliphatic rings. The predicted octanol–water partition coefficient (Wildman–Crippen LogP) is 0.242. The minimum Gasteiger partial charge on any atom is -0.479 e. The first-order valence-electron chi connectivity index (χ1n) is 11.0. The number of aliphatic carboxylic acids is 3. The normalized spacial score (nSPS) is 36.6. The highest BCUT2D eigenvalue weighted by atomic mass is 16.8. The Kier molecular flexibility index (Phi) is 7.07. The summed E-state index contributed by atoms with van der Waals surface area (Å²) >= 11 is 0. The number of carboxylic acid groups (broad SMARTS) is 3. The topological polar surface area (TPSA) is 191 Å². The van der Waals surface area contributed by atoms with E-state index in [0.29, 0.717) is 0 Å². The zero-order valence-corrected chi connectivity index (χ0v) is 18.8. The molecule has 188 valence electrons. The summed E-state index contributed by atoms with van der Waals surface area (Å²) in [6.07, 6.45) is -5.62. The molecule has 0 aliphatic carbocycles. The summed E-state index contributed by atoms with van der Waals surface area (Å²) in [4.78, 5) is 35.8. The number of aliphatic hydroxyl groups excluding tert-OH is 2. The van der Waals surface area contributed by atoms with Crippen LogP contribution in [0.3, 0.4) is 0 Å². The summed E-state index contributed by atoms with van der Waals surface area (Å²) in [5.74, 6) is -8.47. The molecule has 6 N–H and O–H groups in total. The highest BCUT2D eigenvalue weighted by Crippen LogP contribution is 2.54. The molecule has 1 aromatic rings. The molecule has 2 heterocycles. The molecule has 0 saturated carbocycles. The molecule has 11 heteroatoms. The Hall–Kier alpha value is -2.57. The van der Waals surface area contributed by atoms with Gasteiger partial charge in [-0.3, -0.25) is 0 Å². The van der Waals surface area contributed by atoms with Crippen LogP contribution in [0, 0.1) is 11.8 Å². The summed E-state index contributed by atoms with van der Waals surface area (Å²) in [5.41, 5.74) is -5.90. The lowest BCUT2D eigenvalue weighted by atomic mass is 9.74. The Labute approximate surface area is 195 Å². The molecule has 0 spiro atoms. The number of carboxylic acids is 3. The van der Waals surface area contributed by atoms with Crippen molar-refractivity contribution in [1.82, 2.24) is 0 Å². The average molecular weight is 482 g/mol. The fourth-order valence-corrected chi connectivity index (χ4v) is 5.18. The van der Waals surface area contributed by atoms with Gasteiger partial charge in [-0.05, 0) is 36.7 Å². The van der Waals surface area contributed by atoms with Crippen molar-refractivity contribution in [2.24, 2.45) is 11.8 Å². The van der Waals surface area contributed by atoms with Crippen LogP contribution < -0.4 is 0 Å². The Morgan fingerprint density at radius 1 is 0.971 bits per heavy atom. The molecule has 11 nitrogen and oxygen atoms in total. The van der Waals surface area contributed by atoms with Crippen LogP contribution >= 0.6 is 0 Å². The van der Waals surface area contributed by atoms with Crippen molar-refractivity contribution in [2.75, 3.05) is 0 Å². The molecule has 2 fully saturated rings. The second-order valence-electron chi connectivity index (χ2n) is 9.43. The maximum absolute atomic E-state index is 12.1. The van der Waals surface area contributed by atoms with E-state index in [4.69, 9.17) is 9.47 Å². The summed E-state index contributed by atoms with van der Waals surface area (Å²) < 4.78 is 10.6. The molecule has 0 amide bonds. The lowest BCUT2D eigenvalue weighted by Gasteiger charge is -2.48. The van der Waals surface area contributed by atoms with Gasteiger partial charge in [0.25, 0.3) is 0 Å². The number of fused-ring (bicyclic) bond motifs is 2. The summed E-state index contributed by atoms with van der Waals surface area (Å²) in [6.45, 7) is 3.97. The first-order chi connectivity index (χ1) is 15.8. The van der Waals surface area contributed by atoms with Crippen LogP contribution in [0.15, 0.2) is 30.3 Å². The van der Waals surface area contributed by atoms with E-state index in [1.54, 1.807) is 0 Å². The second kappa shape index (κ2) is 9.23. The van der Waals surface area contributed by atoms with E-state index in [1.807, 2.05) is 37.3 Å². The third kappa shape index (κ3) is 3.97. The SMILES string of the molecule is C[C@H](Cc1ccccc1)C[C@@H](C)CC[C@]12O[C@H](C(=O)O)[C@@](O)(C(=O)O)[C@](C(=O)O)(O1)[C@H](O)[C@H]2O. The molecular weight excluding hydrogens is 452 g/mol. The number of hydrogen-bond donors (Lipinski definition) is 6. The Morgan fingerprint density at radius 2 is 1.59 bits per heavy atom. The van der Waals surface area contributed by atoms with Crippen molar-refractivity contribution in [3.05, 3.63) is 35.9 Å². The number of ether oxygens (including phenoxy) is 2. The number of aliphatic hydroxyl groups is 3. The van der Waals surface area contributed by atoms with Crippen LogP contribution in [0.2, 0.25) is 0 Å². The van der Waals surface area contributed by atoms with Gasteiger partial charge >= 0.3 is 17.9 Å². The van der Waals surface area contributed by atoms with Gasteiger partial charge in [-0.2, -0.15) is 0 Å². The maximum atomic E-state index is 12.1. The van der Waals surface area contributed by atoms with Crippen molar-refractivity contribution in [3.8, 4) is 0 Å². The largest absolute Gasteiger partial charge is 0.479 e. The van der Waals surface area contributed by atoms with Crippen LogP contribution in [0.4, 0.5) is 0 Å². The minimum atomic E-state index is -3.71. The summed E-state index contributed by atoms with van der Waals surface area (Å²) in [7, 11) is 0. The van der Waals surface area contributed by atoms with Crippen LogP contribution in [-0.2, 0) is 30.3 Å². The highest BCUT2D eigenvalue weighted by Gasteiger charge is 2.84. The first kappa shape index (κ1) is 26.0. The van der Waals surface area contributed by atoms with Crippen molar-refractivity contribution in [3.63, 3.8) is 0 Å². The van der Waals surface area contributed by atoms with E-state index in [9.17, 15) is 45.0 Å². The van der Waals surface area contributed by atoms with E-state index >= 15 is 0 Å². The van der Waals surface area contributed by atoms with Crippen LogP contribution in [0.1, 0.15) is 38.7 Å². The summed E-state index contributed by atoms with van der Waals surface area (Å²) in [6, 6.07) is 9.85. The number of hydrogen-bond acceptors (Lipinski definition) is 8. The van der Waals surface area contributed by atoms with E-state index in [2.05, 4.69) is 6.92 Å². The van der Waals surface area contributed by atoms with Gasteiger partial charge in [-0.25, -0.2) is 14.4 Å². The molecule has 2 saturated heterocycles. The van der Waals surface area contributed by atoms with Crippen LogP contribution in [0.25, 0.3) is 0 Å². The number of benzene rings is 1. The molecule has 0 aromatic heterocycles. The standard InChI is InChI=1S/C23H30O11/c1-12(10-13(2)11-14-6-4-3-5-7-14)8-9-21-15(24)16(25)23(34-21,20(30)31)22(32,19(28)29)17(33-21)18(26)27/h3-7,12-13,15-17,24-25,32H,8-11H2,1-2H3,(H,26,27)(H,28,29)(H,30,31)/t12-,13-,15+,16+,17+,21-,22+,23-/m0/s1. The Morgan fingerprint density at radius 3 is 2.12 bits per heavy atom. The lowest BCUT2D eigenvalue weighted by Crippen LogP contribution is -2.77. The molecular formula is C23H30O11. The van der Waals surface area contributed by atoms with Gasteiger partial charge in [0.1, 0.15) is 12.2 Å². The first-order valence-corrected chi connectivity index (χ1v) is 11.0. The summed E-state index contributed by atoms with van der Waals surface area (Å²) in [5, 5.41) is 60.8. The third-order valence-electron chi connectivity index (χ3n) is 6.85. The zero-order chi connectivity index (χ0) is 25.5. The number of rotatable bonds is 10. The molecule has 2 aliphatic heterocycles. The van der Waals surface area contributed by atoms with Gasteiger partial charge in [0.2, 0.25) is 17.3 Å². The van der Waals surface area contributed by atoms with E-state index in [1.165, 1.54) is 0 Å². The highest BCUT2D eigenvalue weighted by molar-refractivity contribution is 5.97. The van der Waals surface area contributed by atoms with Gasteiger partial charge in [0.15, 0.2) is 5.79 Å². The quantitative estimate of drug-likeness (QED) is 0.268. The minimum absolute atomic E-state index is 0.00646. The molecule has 0 unspecified atom stereocenters. The van der Waals surface area contributed by atoms with Crippen molar-refractivity contribution in [1.29, 1.82) is 0 Å². The van der Waals surface area contributed by atoms with Gasteiger partial charge < -0.3 is 40.1 Å². The number of carbonyl (C=O) groups is 3. The smallest absolute Gasteiger partial charge is 0.343 e. The van der Waals surface area contributed by atoms with Gasteiger partial charge in [0.05, 0.1) is 0 Å². The van der Waals surface area contributed by atoms with Gasteiger partial charge in [0, 0.05) is 6.42 Å². The molecule has 0 radical (unpaired) electrons. The van der Waals surface area contributed by atoms with E-state index in [0.717, 1.165) is 18.4 Å². The fourth-order valence-electron chi connectivity index (χ4n) is 5.18. The van der Waals surface area contributed by atoms with Crippen molar-refractivity contribution >= 4 is 17.9 Å². The Balaban J connectivity index is 1.82. The van der Waals surface area contributed by atoms with E-state index < -0.39 is 53.2 Å². The predicted molar refractivity (Wildman–Crippen MR) is 114 cm³/mol. The molecule has 2 bridgehead atoms. The second-order valence-corrected chi connectivity index (χ2v) is 9.43. The third-order valence-corrected chi connectivity index (χ3v) is 6.85. The molecule has 3 rings (SSSR count). The van der Waals surface area contributed by atoms with Crippen LogP contribution in [0.5, 0.6) is 0 Å². The Bertz CT molecular complexity index is 936. The lowest BCUT2D eigenvalue weighted by molar-refractivity contribution is -0.374. The van der Waals surface area contributed by atoms with Gasteiger partial charge in [-0.15, -0.1) is 0 Å². The maximum Gasteiger partial charge on any atom is 0.343 e. The molecule has 8 atom stereocenters. The van der Waals surface area contributed by atoms with Crippen molar-refractivity contribution in [2.45, 2.75) is 74.8 Å². The monoisotopic (exact) mass is 482 g/mol. The fraction of sp³-hybridized carbons (Fsp3) is 0.609. The molecule has 1 aromatic carbocycles. The average Bonchev–Trinajstić information content (AvgIpc) is 2.96. The van der Waals surface area contributed by atoms with Crippen LogP contribution in [-0.4, -0.2) is 83.8 Å².